The highest BCUT2D eigenvalue weighted by Gasteiger charge is 2.24. The molecule has 1 aromatic heterocycles. The lowest BCUT2D eigenvalue weighted by atomic mass is 9.91. The molecule has 1 heterocycles. The maximum Gasteiger partial charge on any atom is 0.214 e. The van der Waals surface area contributed by atoms with Crippen molar-refractivity contribution >= 4 is 38.4 Å². The van der Waals surface area contributed by atoms with E-state index < -0.39 is 5.92 Å². The monoisotopic (exact) mass is 484 g/mol. The van der Waals surface area contributed by atoms with Crippen LogP contribution in [0.15, 0.2) is 77.4 Å². The van der Waals surface area contributed by atoms with Gasteiger partial charge in [0, 0.05) is 26.5 Å². The first-order chi connectivity index (χ1) is 14.5. The van der Waals surface area contributed by atoms with Crippen LogP contribution in [0.4, 0.5) is 0 Å². The Balaban J connectivity index is 1.61. The van der Waals surface area contributed by atoms with Crippen LogP contribution >= 0.6 is 27.5 Å². The fraction of sp³-hybridized carbons (Fsp3) is 0.130. The van der Waals surface area contributed by atoms with Crippen molar-refractivity contribution in [1.29, 1.82) is 0 Å². The van der Waals surface area contributed by atoms with Gasteiger partial charge in [0.15, 0.2) is 0 Å². The van der Waals surface area contributed by atoms with Crippen molar-refractivity contribution in [2.24, 2.45) is 0 Å². The van der Waals surface area contributed by atoms with E-state index >= 15 is 0 Å². The predicted molar refractivity (Wildman–Crippen MR) is 122 cm³/mol. The van der Waals surface area contributed by atoms with Crippen LogP contribution in [-0.2, 0) is 6.61 Å². The number of para-hydroxylation sites is 1. The van der Waals surface area contributed by atoms with Gasteiger partial charge < -0.3 is 9.72 Å². The van der Waals surface area contributed by atoms with E-state index in [0.29, 0.717) is 17.4 Å². The standard InChI is InChI=1S/C23H18BrClN2O3/c24-17-8-5-15(6-9-17)14-30-23-10-7-16(11-21(23)25)20(13-27(28)29)19-12-26-22-4-2-1-3-18(19)22/h1-12,20,26H,13-14H2/t20-/m0/s1. The second-order valence-electron chi connectivity index (χ2n) is 6.96. The molecule has 30 heavy (non-hydrogen) atoms. The summed E-state index contributed by atoms with van der Waals surface area (Å²) in [6, 6.07) is 21.0. The molecule has 0 aliphatic rings. The van der Waals surface area contributed by atoms with E-state index in [9.17, 15) is 10.1 Å². The molecule has 0 bridgehead atoms. The summed E-state index contributed by atoms with van der Waals surface area (Å²) in [7, 11) is 0. The van der Waals surface area contributed by atoms with Crippen molar-refractivity contribution in [2.45, 2.75) is 12.5 Å². The molecule has 0 aliphatic carbocycles. The number of hydrogen-bond acceptors (Lipinski definition) is 3. The number of nitrogens with zero attached hydrogens (tertiary/aromatic N) is 1. The first-order valence-electron chi connectivity index (χ1n) is 9.36. The molecule has 1 N–H and O–H groups in total. The average molecular weight is 486 g/mol. The molecule has 0 saturated heterocycles. The second-order valence-corrected chi connectivity index (χ2v) is 8.29. The van der Waals surface area contributed by atoms with Gasteiger partial charge in [-0.1, -0.05) is 63.9 Å². The van der Waals surface area contributed by atoms with Gasteiger partial charge in [-0.2, -0.15) is 0 Å². The van der Waals surface area contributed by atoms with Crippen LogP contribution in [0.3, 0.4) is 0 Å². The number of hydrogen-bond donors (Lipinski definition) is 1. The minimum Gasteiger partial charge on any atom is -0.487 e. The minimum absolute atomic E-state index is 0.225. The van der Waals surface area contributed by atoms with Gasteiger partial charge in [0.05, 0.1) is 10.9 Å². The fourth-order valence-corrected chi connectivity index (χ4v) is 4.02. The lowest BCUT2D eigenvalue weighted by Gasteiger charge is -2.15. The maximum absolute atomic E-state index is 11.4. The molecule has 4 rings (SSSR count). The van der Waals surface area contributed by atoms with Crippen molar-refractivity contribution < 1.29 is 9.66 Å². The van der Waals surface area contributed by atoms with Crippen LogP contribution in [0.2, 0.25) is 5.02 Å². The van der Waals surface area contributed by atoms with Crippen LogP contribution in [0.5, 0.6) is 5.75 Å². The Morgan fingerprint density at radius 3 is 2.60 bits per heavy atom. The van der Waals surface area contributed by atoms with Gasteiger partial charge in [-0.15, -0.1) is 0 Å². The van der Waals surface area contributed by atoms with Gasteiger partial charge in [-0.3, -0.25) is 10.1 Å². The minimum atomic E-state index is -0.422. The molecule has 0 aliphatic heterocycles. The molecule has 0 saturated carbocycles. The molecule has 152 valence electrons. The van der Waals surface area contributed by atoms with Gasteiger partial charge in [-0.25, -0.2) is 0 Å². The van der Waals surface area contributed by atoms with Gasteiger partial charge in [0.1, 0.15) is 12.4 Å². The SMILES string of the molecule is O=[N+]([O-])C[C@@H](c1ccc(OCc2ccc(Br)cc2)c(Cl)c1)c1c[nH]c2ccccc12. The molecule has 0 unspecified atom stereocenters. The molecule has 4 aromatic rings. The topological polar surface area (TPSA) is 68.2 Å². The highest BCUT2D eigenvalue weighted by molar-refractivity contribution is 9.10. The normalized spacial score (nSPS) is 12.1. The molecular weight excluding hydrogens is 468 g/mol. The average Bonchev–Trinajstić information content (AvgIpc) is 3.16. The largest absolute Gasteiger partial charge is 0.487 e. The van der Waals surface area contributed by atoms with E-state index in [1.807, 2.05) is 60.8 Å². The number of H-pyrrole nitrogens is 1. The molecule has 0 spiro atoms. The van der Waals surface area contributed by atoms with E-state index in [2.05, 4.69) is 20.9 Å². The summed E-state index contributed by atoms with van der Waals surface area (Å²) in [5.74, 6) is 0.122. The van der Waals surface area contributed by atoms with E-state index in [1.54, 1.807) is 12.1 Å². The van der Waals surface area contributed by atoms with Gasteiger partial charge in [0.2, 0.25) is 6.54 Å². The Bertz CT molecular complexity index is 1190. The number of ether oxygens (including phenoxy) is 1. The van der Waals surface area contributed by atoms with Gasteiger partial charge in [-0.05, 0) is 47.0 Å². The molecular formula is C23H18BrClN2O3. The smallest absolute Gasteiger partial charge is 0.214 e. The lowest BCUT2D eigenvalue weighted by Crippen LogP contribution is -2.13. The highest BCUT2D eigenvalue weighted by atomic mass is 79.9. The summed E-state index contributed by atoms with van der Waals surface area (Å²) in [5, 5.41) is 12.8. The molecule has 0 fully saturated rings. The Labute approximate surface area is 186 Å². The van der Waals surface area contributed by atoms with Crippen molar-refractivity contribution in [2.75, 3.05) is 6.54 Å². The number of nitro groups is 1. The zero-order chi connectivity index (χ0) is 21.1. The molecule has 3 aromatic carbocycles. The van der Waals surface area contributed by atoms with Crippen LogP contribution < -0.4 is 4.74 Å². The Morgan fingerprint density at radius 2 is 1.87 bits per heavy atom. The highest BCUT2D eigenvalue weighted by Crippen LogP contribution is 2.35. The number of fused-ring (bicyclic) bond motifs is 1. The number of aromatic amines is 1. The van der Waals surface area contributed by atoms with Gasteiger partial charge >= 0.3 is 0 Å². The van der Waals surface area contributed by atoms with Crippen molar-refractivity contribution in [1.82, 2.24) is 4.98 Å². The number of rotatable bonds is 7. The van der Waals surface area contributed by atoms with Crippen LogP contribution in [0.25, 0.3) is 10.9 Å². The molecule has 0 radical (unpaired) electrons. The molecule has 5 nitrogen and oxygen atoms in total. The Morgan fingerprint density at radius 1 is 1.10 bits per heavy atom. The maximum atomic E-state index is 11.4. The fourth-order valence-electron chi connectivity index (χ4n) is 3.51. The Hall–Kier alpha value is -2.83. The summed E-state index contributed by atoms with van der Waals surface area (Å²) in [6.07, 6.45) is 1.84. The summed E-state index contributed by atoms with van der Waals surface area (Å²) >= 11 is 9.88. The van der Waals surface area contributed by atoms with Crippen LogP contribution in [0, 0.1) is 10.1 Å². The molecule has 7 heteroatoms. The zero-order valence-corrected chi connectivity index (χ0v) is 18.2. The van der Waals surface area contributed by atoms with E-state index in [4.69, 9.17) is 16.3 Å². The molecule has 0 amide bonds. The summed E-state index contributed by atoms with van der Waals surface area (Å²) in [4.78, 5) is 14.3. The van der Waals surface area contributed by atoms with E-state index in [1.165, 1.54) is 0 Å². The van der Waals surface area contributed by atoms with Crippen molar-refractivity contribution in [3.05, 3.63) is 109 Å². The number of benzene rings is 3. The van der Waals surface area contributed by atoms with Gasteiger partial charge in [0.25, 0.3) is 0 Å². The third kappa shape index (κ3) is 4.50. The predicted octanol–water partition coefficient (Wildman–Crippen LogP) is 6.57. The zero-order valence-electron chi connectivity index (χ0n) is 15.8. The Kier molecular flexibility index (Phi) is 6.06. The summed E-state index contributed by atoms with van der Waals surface area (Å²) in [6.45, 7) is 0.157. The third-order valence-corrected chi connectivity index (χ3v) is 5.82. The van der Waals surface area contributed by atoms with E-state index in [-0.39, 0.29) is 11.5 Å². The van der Waals surface area contributed by atoms with E-state index in [0.717, 1.165) is 32.1 Å². The van der Waals surface area contributed by atoms with Crippen LogP contribution in [-0.4, -0.2) is 16.5 Å². The number of halogens is 2. The third-order valence-electron chi connectivity index (χ3n) is 4.99. The second kappa shape index (κ2) is 8.90. The number of nitrogens with one attached hydrogen (secondary N) is 1. The van der Waals surface area contributed by atoms with Crippen molar-refractivity contribution in [3.63, 3.8) is 0 Å². The first-order valence-corrected chi connectivity index (χ1v) is 10.5. The lowest BCUT2D eigenvalue weighted by molar-refractivity contribution is -0.481. The quantitative estimate of drug-likeness (QED) is 0.238. The first kappa shape index (κ1) is 20.4. The summed E-state index contributed by atoms with van der Waals surface area (Å²) < 4.78 is 6.85. The number of aromatic nitrogens is 1. The summed E-state index contributed by atoms with van der Waals surface area (Å²) in [5.41, 5.74) is 3.61. The van der Waals surface area contributed by atoms with Crippen molar-refractivity contribution in [3.8, 4) is 5.75 Å². The van der Waals surface area contributed by atoms with Crippen LogP contribution in [0.1, 0.15) is 22.6 Å². The molecule has 1 atom stereocenters.